The molecule has 3 aromatic heterocycles. The van der Waals surface area contributed by atoms with E-state index in [-0.39, 0.29) is 11.8 Å². The number of nitrogens with zero attached hydrogens (tertiary/aromatic N) is 6. The molecule has 0 radical (unpaired) electrons. The minimum atomic E-state index is -0.0608. The lowest BCUT2D eigenvalue weighted by Crippen LogP contribution is -2.40. The first-order valence-corrected chi connectivity index (χ1v) is 14.0. The summed E-state index contributed by atoms with van der Waals surface area (Å²) in [5, 5.41) is 3.40. The SMILES string of the molecule is Cc1ccc(C(=O)N2CCc3c(-c4cn5ccnc5c(Nc5ccc(C(=O)N6CCOCC6)cc5)n4)cccc32)cn1. The van der Waals surface area contributed by atoms with Gasteiger partial charge < -0.3 is 24.3 Å². The number of nitrogens with one attached hydrogen (secondary N) is 1. The first kappa shape index (κ1) is 25.8. The maximum Gasteiger partial charge on any atom is 0.259 e. The van der Waals surface area contributed by atoms with Gasteiger partial charge in [-0.1, -0.05) is 12.1 Å². The molecule has 0 bridgehead atoms. The molecule has 5 aromatic rings. The monoisotopic (exact) mass is 559 g/mol. The zero-order chi connectivity index (χ0) is 28.6. The number of aryl methyl sites for hydroxylation is 1. The van der Waals surface area contributed by atoms with Crippen LogP contribution in [0.2, 0.25) is 0 Å². The molecule has 10 heteroatoms. The molecule has 5 heterocycles. The Hall–Kier alpha value is -5.09. The Balaban J connectivity index is 1.18. The van der Waals surface area contributed by atoms with Gasteiger partial charge in [0, 0.05) is 72.6 Å². The van der Waals surface area contributed by atoms with Crippen LogP contribution >= 0.6 is 0 Å². The third kappa shape index (κ3) is 4.75. The van der Waals surface area contributed by atoms with Crippen molar-refractivity contribution in [2.24, 2.45) is 0 Å². The molecule has 2 amide bonds. The molecule has 1 N–H and O–H groups in total. The van der Waals surface area contributed by atoms with Crippen LogP contribution in [-0.4, -0.2) is 68.9 Å². The Morgan fingerprint density at radius 3 is 2.50 bits per heavy atom. The number of morpholine rings is 1. The van der Waals surface area contributed by atoms with Crippen molar-refractivity contribution in [2.75, 3.05) is 43.1 Å². The summed E-state index contributed by atoms with van der Waals surface area (Å²) in [4.78, 5) is 43.6. The second-order valence-corrected chi connectivity index (χ2v) is 10.4. The molecule has 42 heavy (non-hydrogen) atoms. The molecule has 0 spiro atoms. The molecule has 0 aliphatic carbocycles. The summed E-state index contributed by atoms with van der Waals surface area (Å²) >= 11 is 0. The average Bonchev–Trinajstić information content (AvgIpc) is 3.69. The van der Waals surface area contributed by atoms with E-state index in [0.29, 0.717) is 55.4 Å². The lowest BCUT2D eigenvalue weighted by atomic mass is 10.0. The molecule has 1 saturated heterocycles. The number of hydrogen-bond acceptors (Lipinski definition) is 7. The maximum absolute atomic E-state index is 13.3. The summed E-state index contributed by atoms with van der Waals surface area (Å²) in [6.45, 7) is 4.83. The number of pyridine rings is 1. The van der Waals surface area contributed by atoms with E-state index in [9.17, 15) is 9.59 Å². The molecule has 1 fully saturated rings. The van der Waals surface area contributed by atoms with Gasteiger partial charge in [0.15, 0.2) is 11.5 Å². The third-order valence-electron chi connectivity index (χ3n) is 7.77. The standard InChI is InChI=1S/C32H29N7O3/c1-21-5-6-23(19-34-21)32(41)39-13-11-26-25(3-2-4-28(26)39)27-20-38-14-12-33-30(38)29(36-27)35-24-9-7-22(8-10-24)31(40)37-15-17-42-18-16-37/h2-10,12,14,19-20H,11,13,15-18H2,1H3,(H,35,36). The Morgan fingerprint density at radius 1 is 0.905 bits per heavy atom. The molecule has 7 rings (SSSR count). The Kier molecular flexibility index (Phi) is 6.59. The van der Waals surface area contributed by atoms with Crippen LogP contribution in [0.5, 0.6) is 0 Å². The van der Waals surface area contributed by atoms with E-state index >= 15 is 0 Å². The van der Waals surface area contributed by atoms with E-state index in [2.05, 4.69) is 15.3 Å². The smallest absolute Gasteiger partial charge is 0.259 e. The normalized spacial score (nSPS) is 14.7. The number of aromatic nitrogens is 4. The lowest BCUT2D eigenvalue weighted by molar-refractivity contribution is 0.0303. The van der Waals surface area contributed by atoms with Gasteiger partial charge in [-0.05, 0) is 61.4 Å². The summed E-state index contributed by atoms with van der Waals surface area (Å²) in [5.41, 5.74) is 7.26. The largest absolute Gasteiger partial charge is 0.378 e. The number of imidazole rings is 1. The molecular formula is C32H29N7O3. The van der Waals surface area contributed by atoms with E-state index in [1.807, 2.05) is 88.1 Å². The average molecular weight is 560 g/mol. The van der Waals surface area contributed by atoms with E-state index in [1.165, 1.54) is 0 Å². The fourth-order valence-corrected chi connectivity index (χ4v) is 5.56. The van der Waals surface area contributed by atoms with E-state index < -0.39 is 0 Å². The fourth-order valence-electron chi connectivity index (χ4n) is 5.56. The number of amides is 2. The Morgan fingerprint density at radius 2 is 1.71 bits per heavy atom. The molecule has 0 unspecified atom stereocenters. The van der Waals surface area contributed by atoms with Gasteiger partial charge in [-0.15, -0.1) is 0 Å². The highest BCUT2D eigenvalue weighted by Crippen LogP contribution is 2.37. The zero-order valence-electron chi connectivity index (χ0n) is 23.2. The van der Waals surface area contributed by atoms with Crippen molar-refractivity contribution in [2.45, 2.75) is 13.3 Å². The first-order chi connectivity index (χ1) is 20.5. The molecular weight excluding hydrogens is 530 g/mol. The number of hydrogen-bond donors (Lipinski definition) is 1. The number of anilines is 3. The first-order valence-electron chi connectivity index (χ1n) is 14.0. The number of benzene rings is 2. The third-order valence-corrected chi connectivity index (χ3v) is 7.77. The summed E-state index contributed by atoms with van der Waals surface area (Å²) in [6, 6.07) is 17.1. The summed E-state index contributed by atoms with van der Waals surface area (Å²) in [7, 11) is 0. The van der Waals surface area contributed by atoms with E-state index in [0.717, 1.165) is 40.3 Å². The van der Waals surface area contributed by atoms with Crippen molar-refractivity contribution >= 4 is 34.7 Å². The minimum absolute atomic E-state index is 0.00437. The number of rotatable bonds is 5. The molecule has 0 atom stereocenters. The Labute approximate surface area is 242 Å². The van der Waals surface area contributed by atoms with Crippen molar-refractivity contribution < 1.29 is 14.3 Å². The van der Waals surface area contributed by atoms with Gasteiger partial charge in [0.05, 0.1) is 24.5 Å². The zero-order valence-corrected chi connectivity index (χ0v) is 23.2. The van der Waals surface area contributed by atoms with Crippen molar-refractivity contribution in [3.63, 3.8) is 0 Å². The topological polar surface area (TPSA) is 105 Å². The number of carbonyl (C=O) groups excluding carboxylic acids is 2. The van der Waals surface area contributed by atoms with Gasteiger partial charge in [0.25, 0.3) is 11.8 Å². The molecule has 0 saturated carbocycles. The second kappa shape index (κ2) is 10.7. The van der Waals surface area contributed by atoms with Crippen LogP contribution < -0.4 is 10.2 Å². The fraction of sp³-hybridized carbons (Fsp3) is 0.219. The molecule has 2 aliphatic rings. The predicted molar refractivity (Wildman–Crippen MR) is 159 cm³/mol. The highest BCUT2D eigenvalue weighted by molar-refractivity contribution is 6.07. The molecule has 2 aliphatic heterocycles. The number of carbonyl (C=O) groups is 2. The second-order valence-electron chi connectivity index (χ2n) is 10.4. The van der Waals surface area contributed by atoms with Crippen LogP contribution in [-0.2, 0) is 11.2 Å². The number of fused-ring (bicyclic) bond motifs is 2. The molecule has 210 valence electrons. The summed E-state index contributed by atoms with van der Waals surface area (Å²) in [6.07, 6.45) is 7.95. The van der Waals surface area contributed by atoms with Crippen LogP contribution in [0, 0.1) is 6.92 Å². The van der Waals surface area contributed by atoms with E-state index in [1.54, 1.807) is 12.4 Å². The number of ether oxygens (including phenoxy) is 1. The quantitative estimate of drug-likeness (QED) is 0.338. The van der Waals surface area contributed by atoms with Crippen molar-refractivity contribution in [1.82, 2.24) is 24.3 Å². The summed E-state index contributed by atoms with van der Waals surface area (Å²) < 4.78 is 7.31. The van der Waals surface area contributed by atoms with Crippen molar-refractivity contribution in [3.05, 3.63) is 102 Å². The van der Waals surface area contributed by atoms with Gasteiger partial charge in [-0.2, -0.15) is 0 Å². The van der Waals surface area contributed by atoms with Gasteiger partial charge in [0.2, 0.25) is 0 Å². The Bertz CT molecular complexity index is 1790. The predicted octanol–water partition coefficient (Wildman–Crippen LogP) is 4.52. The van der Waals surface area contributed by atoms with Crippen LogP contribution in [0.25, 0.3) is 16.9 Å². The summed E-state index contributed by atoms with van der Waals surface area (Å²) in [5.74, 6) is 0.540. The van der Waals surface area contributed by atoms with Gasteiger partial charge in [-0.3, -0.25) is 14.6 Å². The van der Waals surface area contributed by atoms with Gasteiger partial charge >= 0.3 is 0 Å². The minimum Gasteiger partial charge on any atom is -0.378 e. The van der Waals surface area contributed by atoms with Crippen LogP contribution in [0.3, 0.4) is 0 Å². The molecule has 2 aromatic carbocycles. The molecule has 10 nitrogen and oxygen atoms in total. The highest BCUT2D eigenvalue weighted by atomic mass is 16.5. The van der Waals surface area contributed by atoms with Crippen molar-refractivity contribution in [1.29, 1.82) is 0 Å². The van der Waals surface area contributed by atoms with E-state index in [4.69, 9.17) is 9.72 Å². The highest BCUT2D eigenvalue weighted by Gasteiger charge is 2.28. The van der Waals surface area contributed by atoms with Gasteiger partial charge in [-0.25, -0.2) is 9.97 Å². The van der Waals surface area contributed by atoms with Crippen LogP contribution in [0.4, 0.5) is 17.2 Å². The lowest BCUT2D eigenvalue weighted by Gasteiger charge is -2.26. The van der Waals surface area contributed by atoms with Crippen LogP contribution in [0.15, 0.2) is 79.4 Å². The maximum atomic E-state index is 13.3. The van der Waals surface area contributed by atoms with Crippen molar-refractivity contribution in [3.8, 4) is 11.3 Å². The van der Waals surface area contributed by atoms with Gasteiger partial charge in [0.1, 0.15) is 0 Å². The van der Waals surface area contributed by atoms with Crippen LogP contribution in [0.1, 0.15) is 32.0 Å².